The number of aliphatic imine (C=N–C) groups is 1. The number of aromatic nitrogens is 2. The Balaban J connectivity index is 1.65. The molecule has 3 aromatic rings. The van der Waals surface area contributed by atoms with Crippen molar-refractivity contribution in [3.05, 3.63) is 65.9 Å². The van der Waals surface area contributed by atoms with Gasteiger partial charge in [-0.15, -0.1) is 0 Å². The summed E-state index contributed by atoms with van der Waals surface area (Å²) in [5, 5.41) is 0. The van der Waals surface area contributed by atoms with Gasteiger partial charge in [0.15, 0.2) is 5.75 Å². The molecule has 170 valence electrons. The molecule has 0 radical (unpaired) electrons. The van der Waals surface area contributed by atoms with Gasteiger partial charge in [0.2, 0.25) is 5.88 Å². The molecule has 2 aliphatic rings. The molecule has 1 unspecified atom stereocenters. The minimum Gasteiger partial charge on any atom is -0.477 e. The summed E-state index contributed by atoms with van der Waals surface area (Å²) >= 11 is 0. The molecule has 0 aliphatic carbocycles. The van der Waals surface area contributed by atoms with Gasteiger partial charge in [0.1, 0.15) is 29.5 Å². The van der Waals surface area contributed by atoms with Crippen molar-refractivity contribution >= 4 is 5.84 Å². The van der Waals surface area contributed by atoms with Crippen molar-refractivity contribution in [2.24, 2.45) is 16.1 Å². The van der Waals surface area contributed by atoms with E-state index >= 15 is 0 Å². The van der Waals surface area contributed by atoms with E-state index in [4.69, 9.17) is 24.9 Å². The van der Waals surface area contributed by atoms with Crippen molar-refractivity contribution in [3.63, 3.8) is 0 Å². The molecule has 8 heteroatoms. The first-order chi connectivity index (χ1) is 15.7. The largest absolute Gasteiger partial charge is 0.477 e. The molecule has 1 atom stereocenters. The van der Waals surface area contributed by atoms with E-state index in [1.54, 1.807) is 12.4 Å². The van der Waals surface area contributed by atoms with Gasteiger partial charge in [-0.1, -0.05) is 26.8 Å². The van der Waals surface area contributed by atoms with Gasteiger partial charge in [-0.3, -0.25) is 9.98 Å². The fraction of sp³-hybridized carbons (Fsp3) is 0.320. The zero-order valence-electron chi connectivity index (χ0n) is 18.8. The summed E-state index contributed by atoms with van der Waals surface area (Å²) in [4.78, 5) is 13.3. The standard InChI is InChI=1S/C25H25FN4O3/c1-24(2,3)13-32-23-8-19-21(11-29-23)33-20-5-4-15(16-6-17(26)10-28-9-16)7-18(20)25(19)14-31-12-22(27)30-25/h4-11H,12-14H2,1-3H3,(H2,27,30). The van der Waals surface area contributed by atoms with Crippen LogP contribution in [-0.4, -0.2) is 35.6 Å². The molecule has 0 fully saturated rings. The fourth-order valence-corrected chi connectivity index (χ4v) is 4.04. The number of rotatable bonds is 3. The van der Waals surface area contributed by atoms with Crippen LogP contribution in [-0.2, 0) is 10.3 Å². The van der Waals surface area contributed by atoms with Crippen LogP contribution in [0.5, 0.6) is 17.4 Å². The lowest BCUT2D eigenvalue weighted by atomic mass is 9.80. The van der Waals surface area contributed by atoms with E-state index in [-0.39, 0.29) is 18.6 Å². The zero-order chi connectivity index (χ0) is 23.2. The first-order valence-electron chi connectivity index (χ1n) is 10.7. The molecule has 0 bridgehead atoms. The molecular formula is C25H25FN4O3. The van der Waals surface area contributed by atoms with E-state index < -0.39 is 11.4 Å². The third-order valence-electron chi connectivity index (χ3n) is 5.52. The maximum absolute atomic E-state index is 13.8. The topological polar surface area (TPSA) is 91.8 Å². The van der Waals surface area contributed by atoms with E-state index in [0.717, 1.165) is 16.7 Å². The lowest BCUT2D eigenvalue weighted by Gasteiger charge is -2.39. The molecule has 33 heavy (non-hydrogen) atoms. The normalized spacial score (nSPS) is 19.3. The zero-order valence-corrected chi connectivity index (χ0v) is 18.8. The molecule has 0 saturated carbocycles. The van der Waals surface area contributed by atoms with Crippen LogP contribution in [0.1, 0.15) is 31.9 Å². The molecule has 4 heterocycles. The highest BCUT2D eigenvalue weighted by atomic mass is 19.1. The predicted octanol–water partition coefficient (Wildman–Crippen LogP) is 4.44. The Kier molecular flexibility index (Phi) is 5.05. The number of hydrogen-bond donors (Lipinski definition) is 1. The van der Waals surface area contributed by atoms with Gasteiger partial charge in [0.05, 0.1) is 25.6 Å². The van der Waals surface area contributed by atoms with Crippen molar-refractivity contribution in [1.82, 2.24) is 9.97 Å². The quantitative estimate of drug-likeness (QED) is 0.637. The van der Waals surface area contributed by atoms with E-state index in [1.807, 2.05) is 24.3 Å². The SMILES string of the molecule is CC(C)(C)COc1cc2c(cn1)Oc1ccc(-c3cncc(F)c3)cc1C21COCC(N)=N1. The van der Waals surface area contributed by atoms with Crippen molar-refractivity contribution in [2.75, 3.05) is 19.8 Å². The lowest BCUT2D eigenvalue weighted by molar-refractivity contribution is 0.109. The number of fused-ring (bicyclic) bond motifs is 4. The Bertz CT molecular complexity index is 1250. The summed E-state index contributed by atoms with van der Waals surface area (Å²) in [5.74, 6) is 1.62. The van der Waals surface area contributed by atoms with Gasteiger partial charge in [0, 0.05) is 29.0 Å². The minimum atomic E-state index is -0.940. The van der Waals surface area contributed by atoms with Crippen LogP contribution in [0.4, 0.5) is 4.39 Å². The van der Waals surface area contributed by atoms with Gasteiger partial charge in [-0.25, -0.2) is 9.37 Å². The number of hydrogen-bond acceptors (Lipinski definition) is 7. The third kappa shape index (κ3) is 4.02. The third-order valence-corrected chi connectivity index (χ3v) is 5.52. The summed E-state index contributed by atoms with van der Waals surface area (Å²) < 4.78 is 31.8. The highest BCUT2D eigenvalue weighted by molar-refractivity contribution is 5.84. The van der Waals surface area contributed by atoms with Crippen LogP contribution in [0.15, 0.2) is 53.9 Å². The van der Waals surface area contributed by atoms with Gasteiger partial charge < -0.3 is 19.9 Å². The number of benzene rings is 1. The number of amidine groups is 1. The monoisotopic (exact) mass is 448 g/mol. The number of nitrogens with zero attached hydrogens (tertiary/aromatic N) is 3. The molecule has 2 N–H and O–H groups in total. The average Bonchev–Trinajstić information content (AvgIpc) is 2.77. The predicted molar refractivity (Wildman–Crippen MR) is 122 cm³/mol. The van der Waals surface area contributed by atoms with Crippen molar-refractivity contribution in [2.45, 2.75) is 26.3 Å². The van der Waals surface area contributed by atoms with Crippen molar-refractivity contribution < 1.29 is 18.6 Å². The Labute approximate surface area is 191 Å². The van der Waals surface area contributed by atoms with Crippen molar-refractivity contribution in [3.8, 4) is 28.5 Å². The van der Waals surface area contributed by atoms with Gasteiger partial charge in [-0.2, -0.15) is 0 Å². The van der Waals surface area contributed by atoms with Crippen molar-refractivity contribution in [1.29, 1.82) is 0 Å². The number of halogens is 1. The number of ether oxygens (including phenoxy) is 3. The summed E-state index contributed by atoms with van der Waals surface area (Å²) in [6.45, 7) is 7.30. The Morgan fingerprint density at radius 1 is 1.06 bits per heavy atom. The maximum atomic E-state index is 13.8. The van der Waals surface area contributed by atoms with Crippen LogP contribution in [0.25, 0.3) is 11.1 Å². The smallest absolute Gasteiger partial charge is 0.213 e. The minimum absolute atomic E-state index is 0.0250. The van der Waals surface area contributed by atoms with Crippen LogP contribution >= 0.6 is 0 Å². The van der Waals surface area contributed by atoms with E-state index in [2.05, 4.69) is 30.7 Å². The summed E-state index contributed by atoms with van der Waals surface area (Å²) in [6.07, 6.45) is 4.43. The van der Waals surface area contributed by atoms with Crippen LogP contribution in [0.2, 0.25) is 0 Å². The second kappa shape index (κ2) is 7.81. The molecule has 2 aliphatic heterocycles. The highest BCUT2D eigenvalue weighted by Crippen LogP contribution is 2.51. The molecular weight excluding hydrogens is 423 g/mol. The molecule has 1 spiro atoms. The average molecular weight is 448 g/mol. The second-order valence-electron chi connectivity index (χ2n) is 9.53. The molecule has 1 aromatic carbocycles. The van der Waals surface area contributed by atoms with Crippen LogP contribution in [0.3, 0.4) is 0 Å². The molecule has 5 rings (SSSR count). The van der Waals surface area contributed by atoms with Crippen LogP contribution in [0, 0.1) is 11.2 Å². The molecule has 2 aromatic heterocycles. The number of nitrogens with two attached hydrogens (primary N) is 1. The second-order valence-corrected chi connectivity index (χ2v) is 9.53. The highest BCUT2D eigenvalue weighted by Gasteiger charge is 2.45. The van der Waals surface area contributed by atoms with Gasteiger partial charge in [0.25, 0.3) is 0 Å². The van der Waals surface area contributed by atoms with Gasteiger partial charge in [-0.05, 0) is 29.2 Å². The summed E-state index contributed by atoms with van der Waals surface area (Å²) in [7, 11) is 0. The Morgan fingerprint density at radius 3 is 2.64 bits per heavy atom. The molecule has 7 nitrogen and oxygen atoms in total. The lowest BCUT2D eigenvalue weighted by Crippen LogP contribution is -2.42. The summed E-state index contributed by atoms with van der Waals surface area (Å²) in [5.41, 5.74) is 8.15. The first kappa shape index (κ1) is 21.3. The van der Waals surface area contributed by atoms with E-state index in [0.29, 0.717) is 35.4 Å². The number of pyridine rings is 2. The Hall–Kier alpha value is -3.52. The Morgan fingerprint density at radius 2 is 1.88 bits per heavy atom. The van der Waals surface area contributed by atoms with E-state index in [1.165, 1.54) is 12.3 Å². The fourth-order valence-electron chi connectivity index (χ4n) is 4.04. The molecule has 0 amide bonds. The first-order valence-corrected chi connectivity index (χ1v) is 10.7. The maximum Gasteiger partial charge on any atom is 0.213 e. The van der Waals surface area contributed by atoms with Gasteiger partial charge >= 0.3 is 0 Å². The van der Waals surface area contributed by atoms with E-state index in [9.17, 15) is 4.39 Å². The molecule has 0 saturated heterocycles. The summed E-state index contributed by atoms with van der Waals surface area (Å²) in [6, 6.07) is 8.90. The van der Waals surface area contributed by atoms with Crippen LogP contribution < -0.4 is 15.2 Å².